The molecule has 0 aliphatic carbocycles. The largest absolute Gasteiger partial charge is 0.399 e. The van der Waals surface area contributed by atoms with E-state index in [1.54, 1.807) is 0 Å². The zero-order valence-corrected chi connectivity index (χ0v) is 10.7. The lowest BCUT2D eigenvalue weighted by atomic mass is 10.3. The maximum absolute atomic E-state index is 5.70. The van der Waals surface area contributed by atoms with Crippen LogP contribution in [0.25, 0.3) is 5.69 Å². The maximum Gasteiger partial charge on any atom is 0.148 e. The van der Waals surface area contributed by atoms with Gasteiger partial charge in [-0.15, -0.1) is 0 Å². The van der Waals surface area contributed by atoms with E-state index in [4.69, 9.17) is 5.73 Å². The standard InChI is InChI=1S/C10H11IN4/c1-6-13-7(2)15(14-6)10-4-3-8(12)5-9(10)11/h3-5H,12H2,1-2H3. The Morgan fingerprint density at radius 3 is 2.60 bits per heavy atom. The molecule has 0 atom stereocenters. The van der Waals surface area contributed by atoms with Gasteiger partial charge in [0, 0.05) is 9.26 Å². The van der Waals surface area contributed by atoms with E-state index in [0.29, 0.717) is 0 Å². The average Bonchev–Trinajstić information content (AvgIpc) is 2.45. The van der Waals surface area contributed by atoms with E-state index in [1.807, 2.05) is 36.7 Å². The molecule has 5 heteroatoms. The van der Waals surface area contributed by atoms with E-state index < -0.39 is 0 Å². The van der Waals surface area contributed by atoms with Crippen LogP contribution in [0.5, 0.6) is 0 Å². The number of nitrogen functional groups attached to an aromatic ring is 1. The van der Waals surface area contributed by atoms with Crippen LogP contribution >= 0.6 is 22.6 Å². The number of rotatable bonds is 1. The highest BCUT2D eigenvalue weighted by Gasteiger charge is 2.08. The first-order valence-electron chi connectivity index (χ1n) is 4.53. The van der Waals surface area contributed by atoms with Crippen molar-refractivity contribution in [2.45, 2.75) is 13.8 Å². The second kappa shape index (κ2) is 3.80. The molecule has 0 amide bonds. The molecule has 4 nitrogen and oxygen atoms in total. The predicted molar refractivity (Wildman–Crippen MR) is 68.0 cm³/mol. The summed E-state index contributed by atoms with van der Waals surface area (Å²) in [5.74, 6) is 1.66. The fourth-order valence-corrected chi connectivity index (χ4v) is 2.21. The van der Waals surface area contributed by atoms with Crippen LogP contribution in [0.15, 0.2) is 18.2 Å². The van der Waals surface area contributed by atoms with Crippen molar-refractivity contribution in [3.05, 3.63) is 33.4 Å². The van der Waals surface area contributed by atoms with Gasteiger partial charge >= 0.3 is 0 Å². The third kappa shape index (κ3) is 1.97. The lowest BCUT2D eigenvalue weighted by Gasteiger charge is -2.06. The summed E-state index contributed by atoms with van der Waals surface area (Å²) in [4.78, 5) is 4.27. The number of anilines is 1. The van der Waals surface area contributed by atoms with Crippen molar-refractivity contribution < 1.29 is 0 Å². The Balaban J connectivity index is 2.59. The molecular weight excluding hydrogens is 303 g/mol. The Morgan fingerprint density at radius 2 is 2.07 bits per heavy atom. The summed E-state index contributed by atoms with van der Waals surface area (Å²) in [6.45, 7) is 3.82. The smallest absolute Gasteiger partial charge is 0.148 e. The number of nitrogens with zero attached hydrogens (tertiary/aromatic N) is 3. The van der Waals surface area contributed by atoms with E-state index in [-0.39, 0.29) is 0 Å². The van der Waals surface area contributed by atoms with Crippen molar-refractivity contribution in [1.82, 2.24) is 14.8 Å². The number of hydrogen-bond donors (Lipinski definition) is 1. The number of benzene rings is 1. The van der Waals surface area contributed by atoms with Gasteiger partial charge < -0.3 is 5.73 Å². The van der Waals surface area contributed by atoms with Gasteiger partial charge in [-0.2, -0.15) is 5.10 Å². The van der Waals surface area contributed by atoms with Crippen molar-refractivity contribution in [2.24, 2.45) is 0 Å². The number of aryl methyl sites for hydroxylation is 2. The molecule has 0 unspecified atom stereocenters. The van der Waals surface area contributed by atoms with E-state index in [2.05, 4.69) is 32.7 Å². The molecule has 2 N–H and O–H groups in total. The normalized spacial score (nSPS) is 10.6. The van der Waals surface area contributed by atoms with Crippen LogP contribution in [0.2, 0.25) is 0 Å². The van der Waals surface area contributed by atoms with Crippen molar-refractivity contribution in [2.75, 3.05) is 5.73 Å². The quantitative estimate of drug-likeness (QED) is 0.647. The summed E-state index contributed by atoms with van der Waals surface area (Å²) in [5.41, 5.74) is 7.48. The molecule has 0 saturated heterocycles. The van der Waals surface area contributed by atoms with Crippen molar-refractivity contribution in [1.29, 1.82) is 0 Å². The second-order valence-corrected chi connectivity index (χ2v) is 4.49. The highest BCUT2D eigenvalue weighted by atomic mass is 127. The summed E-state index contributed by atoms with van der Waals surface area (Å²) >= 11 is 2.25. The van der Waals surface area contributed by atoms with E-state index >= 15 is 0 Å². The average molecular weight is 314 g/mol. The van der Waals surface area contributed by atoms with Gasteiger partial charge in [-0.05, 0) is 54.6 Å². The van der Waals surface area contributed by atoms with Gasteiger partial charge in [0.2, 0.25) is 0 Å². The van der Waals surface area contributed by atoms with Crippen LogP contribution in [0, 0.1) is 17.4 Å². The lowest BCUT2D eigenvalue weighted by Crippen LogP contribution is -2.02. The summed E-state index contributed by atoms with van der Waals surface area (Å²) in [6.07, 6.45) is 0. The molecule has 0 saturated carbocycles. The van der Waals surface area contributed by atoms with Crippen LogP contribution in [0.4, 0.5) is 5.69 Å². The summed E-state index contributed by atoms with van der Waals surface area (Å²) in [7, 11) is 0. The van der Waals surface area contributed by atoms with Gasteiger partial charge in [0.05, 0.1) is 5.69 Å². The molecule has 0 aliphatic heterocycles. The Morgan fingerprint density at radius 1 is 1.33 bits per heavy atom. The first-order chi connectivity index (χ1) is 7.08. The van der Waals surface area contributed by atoms with Gasteiger partial charge in [-0.25, -0.2) is 9.67 Å². The third-order valence-corrected chi connectivity index (χ3v) is 2.94. The molecular formula is C10H11IN4. The molecule has 0 bridgehead atoms. The zero-order chi connectivity index (χ0) is 11.0. The van der Waals surface area contributed by atoms with Crippen molar-refractivity contribution in [3.63, 3.8) is 0 Å². The number of aromatic nitrogens is 3. The van der Waals surface area contributed by atoms with Crippen LogP contribution < -0.4 is 5.73 Å². The van der Waals surface area contributed by atoms with E-state index in [1.165, 1.54) is 0 Å². The van der Waals surface area contributed by atoms with Crippen LogP contribution in [0.1, 0.15) is 11.6 Å². The van der Waals surface area contributed by atoms with Crippen molar-refractivity contribution in [3.8, 4) is 5.69 Å². The predicted octanol–water partition coefficient (Wildman–Crippen LogP) is 2.07. The number of nitrogens with two attached hydrogens (primary N) is 1. The van der Waals surface area contributed by atoms with E-state index in [0.717, 1.165) is 26.6 Å². The molecule has 0 radical (unpaired) electrons. The number of halogens is 1. The molecule has 1 aromatic heterocycles. The molecule has 1 heterocycles. The minimum absolute atomic E-state index is 0.762. The third-order valence-electron chi connectivity index (χ3n) is 2.07. The van der Waals surface area contributed by atoms with Gasteiger partial charge in [-0.3, -0.25) is 0 Å². The Hall–Kier alpha value is -1.11. The van der Waals surface area contributed by atoms with Gasteiger partial charge in [0.25, 0.3) is 0 Å². The van der Waals surface area contributed by atoms with E-state index in [9.17, 15) is 0 Å². The maximum atomic E-state index is 5.70. The van der Waals surface area contributed by atoms with Crippen molar-refractivity contribution >= 4 is 28.3 Å². The second-order valence-electron chi connectivity index (χ2n) is 3.33. The Labute approximate surface area is 102 Å². The first kappa shape index (κ1) is 10.4. The Bertz CT molecular complexity index is 504. The fourth-order valence-electron chi connectivity index (χ4n) is 1.44. The van der Waals surface area contributed by atoms with Crippen LogP contribution in [-0.2, 0) is 0 Å². The minimum Gasteiger partial charge on any atom is -0.399 e. The molecule has 1 aromatic carbocycles. The Kier molecular flexibility index (Phi) is 2.64. The molecule has 2 rings (SSSR count). The topological polar surface area (TPSA) is 56.7 Å². The molecule has 78 valence electrons. The monoisotopic (exact) mass is 314 g/mol. The first-order valence-corrected chi connectivity index (χ1v) is 5.61. The van der Waals surface area contributed by atoms with Crippen LogP contribution in [0.3, 0.4) is 0 Å². The SMILES string of the molecule is Cc1nc(C)n(-c2ccc(N)cc2I)n1. The van der Waals surface area contributed by atoms with Gasteiger partial charge in [-0.1, -0.05) is 0 Å². The summed E-state index contributed by atoms with van der Waals surface area (Å²) < 4.78 is 2.90. The fraction of sp³-hybridized carbons (Fsp3) is 0.200. The molecule has 15 heavy (non-hydrogen) atoms. The minimum atomic E-state index is 0.762. The number of hydrogen-bond acceptors (Lipinski definition) is 3. The highest BCUT2D eigenvalue weighted by molar-refractivity contribution is 14.1. The lowest BCUT2D eigenvalue weighted by molar-refractivity contribution is 0.827. The summed E-state index contributed by atoms with van der Waals surface area (Å²) in [6, 6.07) is 5.75. The molecule has 2 aromatic rings. The van der Waals surface area contributed by atoms with Crippen LogP contribution in [-0.4, -0.2) is 14.8 Å². The summed E-state index contributed by atoms with van der Waals surface area (Å²) in [5, 5.41) is 4.33. The zero-order valence-electron chi connectivity index (χ0n) is 8.53. The molecule has 0 aliphatic rings. The molecule has 0 fully saturated rings. The molecule has 0 spiro atoms. The van der Waals surface area contributed by atoms with Gasteiger partial charge in [0.1, 0.15) is 11.6 Å². The highest BCUT2D eigenvalue weighted by Crippen LogP contribution is 2.20. The van der Waals surface area contributed by atoms with Gasteiger partial charge in [0.15, 0.2) is 0 Å².